The molecule has 0 aliphatic carbocycles. The lowest BCUT2D eigenvalue weighted by Gasteiger charge is -2.07. The Balaban J connectivity index is 1.84. The molecular weight excluding hydrogens is 328 g/mol. The van der Waals surface area contributed by atoms with E-state index in [9.17, 15) is 14.4 Å². The number of nitrogens with one attached hydrogen (secondary N) is 2. The quantitative estimate of drug-likeness (QED) is 0.466. The van der Waals surface area contributed by atoms with Crippen LogP contribution in [-0.4, -0.2) is 41.4 Å². The fourth-order valence-corrected chi connectivity index (χ4v) is 2.19. The van der Waals surface area contributed by atoms with Crippen LogP contribution in [0.25, 0.3) is 0 Å². The lowest BCUT2D eigenvalue weighted by molar-refractivity contribution is -0.139. The van der Waals surface area contributed by atoms with Crippen LogP contribution in [0.1, 0.15) is 25.3 Å². The molecule has 2 rings (SSSR count). The number of hydrazone groups is 2. The van der Waals surface area contributed by atoms with E-state index in [0.29, 0.717) is 23.4 Å². The minimum atomic E-state index is -1.09. The number of benzene rings is 1. The zero-order valence-corrected chi connectivity index (χ0v) is 13.6. The number of amides is 2. The molecule has 9 nitrogen and oxygen atoms in total. The van der Waals surface area contributed by atoms with Gasteiger partial charge in [0.1, 0.15) is 5.75 Å². The maximum atomic E-state index is 11.8. The molecule has 0 saturated carbocycles. The molecule has 1 aliphatic heterocycles. The van der Waals surface area contributed by atoms with Crippen molar-refractivity contribution >= 4 is 29.7 Å². The van der Waals surface area contributed by atoms with E-state index < -0.39 is 12.6 Å². The molecule has 0 spiro atoms. The van der Waals surface area contributed by atoms with Crippen LogP contribution in [0.2, 0.25) is 0 Å². The first kappa shape index (κ1) is 18.1. The van der Waals surface area contributed by atoms with Gasteiger partial charge in [-0.2, -0.15) is 10.2 Å². The summed E-state index contributed by atoms with van der Waals surface area (Å²) in [7, 11) is 0. The van der Waals surface area contributed by atoms with Gasteiger partial charge in [0.25, 0.3) is 0 Å². The van der Waals surface area contributed by atoms with E-state index in [-0.39, 0.29) is 24.2 Å². The van der Waals surface area contributed by atoms with Gasteiger partial charge in [-0.25, -0.2) is 15.6 Å². The van der Waals surface area contributed by atoms with Crippen LogP contribution in [0.3, 0.4) is 0 Å². The standard InChI is InChI=1S/C16H18N4O5/c1-10-12(16(24)20-18-10)6-7-14(21)19-17-8-11-4-2-3-5-13(11)25-9-15(22)23/h2-5,8,12H,6-7,9H2,1H3,(H,19,21)(H,20,24)(H,22,23)/b17-8-. The van der Waals surface area contributed by atoms with Crippen LogP contribution in [0, 0.1) is 5.92 Å². The van der Waals surface area contributed by atoms with Gasteiger partial charge in [-0.1, -0.05) is 12.1 Å². The van der Waals surface area contributed by atoms with Gasteiger partial charge in [0.2, 0.25) is 11.8 Å². The molecule has 25 heavy (non-hydrogen) atoms. The minimum absolute atomic E-state index is 0.124. The van der Waals surface area contributed by atoms with Gasteiger partial charge in [-0.3, -0.25) is 9.59 Å². The first-order valence-electron chi connectivity index (χ1n) is 7.57. The summed E-state index contributed by atoms with van der Waals surface area (Å²) in [5, 5.41) is 16.3. The van der Waals surface area contributed by atoms with E-state index in [1.807, 2.05) is 0 Å². The number of ether oxygens (including phenoxy) is 1. The third-order valence-corrected chi connectivity index (χ3v) is 3.49. The highest BCUT2D eigenvalue weighted by molar-refractivity contribution is 6.07. The van der Waals surface area contributed by atoms with Crippen LogP contribution in [0.4, 0.5) is 0 Å². The van der Waals surface area contributed by atoms with Crippen molar-refractivity contribution in [2.24, 2.45) is 16.1 Å². The number of carbonyl (C=O) groups excluding carboxylic acids is 2. The molecule has 1 unspecified atom stereocenters. The molecule has 9 heteroatoms. The molecule has 1 aliphatic rings. The average Bonchev–Trinajstić information content (AvgIpc) is 2.90. The number of aliphatic carboxylic acids is 1. The summed E-state index contributed by atoms with van der Waals surface area (Å²) < 4.78 is 5.13. The van der Waals surface area contributed by atoms with Crippen LogP contribution in [0.5, 0.6) is 5.75 Å². The van der Waals surface area contributed by atoms with Crippen molar-refractivity contribution in [1.82, 2.24) is 10.9 Å². The number of para-hydroxylation sites is 1. The zero-order chi connectivity index (χ0) is 18.2. The van der Waals surface area contributed by atoms with Crippen LogP contribution in [0.15, 0.2) is 34.5 Å². The van der Waals surface area contributed by atoms with E-state index in [2.05, 4.69) is 21.1 Å². The summed E-state index contributed by atoms with van der Waals surface area (Å²) in [5.74, 6) is -1.68. The molecule has 1 aromatic carbocycles. The van der Waals surface area contributed by atoms with Crippen molar-refractivity contribution < 1.29 is 24.2 Å². The maximum absolute atomic E-state index is 11.8. The summed E-state index contributed by atoms with van der Waals surface area (Å²) in [6, 6.07) is 6.71. The number of rotatable bonds is 8. The van der Waals surface area contributed by atoms with Gasteiger partial charge < -0.3 is 9.84 Å². The van der Waals surface area contributed by atoms with E-state index in [4.69, 9.17) is 9.84 Å². The van der Waals surface area contributed by atoms with Gasteiger partial charge in [-0.05, 0) is 25.5 Å². The Hall–Kier alpha value is -3.23. The maximum Gasteiger partial charge on any atom is 0.341 e. The topological polar surface area (TPSA) is 129 Å². The molecule has 0 saturated heterocycles. The molecule has 1 aromatic rings. The SMILES string of the molecule is CC1=NNC(=O)C1CCC(=O)N/N=C\c1ccccc1OCC(=O)O. The Morgan fingerprint density at radius 1 is 1.44 bits per heavy atom. The van der Waals surface area contributed by atoms with Gasteiger partial charge in [-0.15, -0.1) is 0 Å². The highest BCUT2D eigenvalue weighted by Crippen LogP contribution is 2.16. The van der Waals surface area contributed by atoms with Gasteiger partial charge in [0.15, 0.2) is 6.61 Å². The molecule has 2 amide bonds. The lowest BCUT2D eigenvalue weighted by atomic mass is 9.99. The molecule has 0 radical (unpaired) electrons. The summed E-state index contributed by atoms with van der Waals surface area (Å²) in [5.41, 5.74) is 5.92. The number of nitrogens with zero attached hydrogens (tertiary/aromatic N) is 2. The summed E-state index contributed by atoms with van der Waals surface area (Å²) in [4.78, 5) is 33.9. The van der Waals surface area contributed by atoms with Crippen molar-refractivity contribution in [2.45, 2.75) is 19.8 Å². The van der Waals surface area contributed by atoms with Crippen molar-refractivity contribution in [3.05, 3.63) is 29.8 Å². The molecular formula is C16H18N4O5. The zero-order valence-electron chi connectivity index (χ0n) is 13.6. The molecule has 3 N–H and O–H groups in total. The average molecular weight is 346 g/mol. The molecule has 1 atom stereocenters. The molecule has 0 fully saturated rings. The van der Waals surface area contributed by atoms with Crippen molar-refractivity contribution in [3.8, 4) is 5.75 Å². The highest BCUT2D eigenvalue weighted by Gasteiger charge is 2.26. The van der Waals surface area contributed by atoms with Gasteiger partial charge >= 0.3 is 5.97 Å². The van der Waals surface area contributed by atoms with E-state index in [1.165, 1.54) is 6.21 Å². The Bertz CT molecular complexity index is 729. The summed E-state index contributed by atoms with van der Waals surface area (Å²) >= 11 is 0. The second-order valence-corrected chi connectivity index (χ2v) is 5.33. The fraction of sp³-hybridized carbons (Fsp3) is 0.312. The van der Waals surface area contributed by atoms with Gasteiger partial charge in [0.05, 0.1) is 12.1 Å². The predicted octanol–water partition coefficient (Wildman–Crippen LogP) is 0.502. The smallest absolute Gasteiger partial charge is 0.341 e. The number of carboxylic acid groups (broad SMARTS) is 1. The molecule has 0 bridgehead atoms. The first-order chi connectivity index (χ1) is 12.0. The summed E-state index contributed by atoms with van der Waals surface area (Å²) in [6.45, 7) is 1.26. The Morgan fingerprint density at radius 2 is 2.20 bits per heavy atom. The highest BCUT2D eigenvalue weighted by atomic mass is 16.5. The molecule has 1 heterocycles. The number of hydrogen-bond donors (Lipinski definition) is 3. The second-order valence-electron chi connectivity index (χ2n) is 5.33. The monoisotopic (exact) mass is 346 g/mol. The van der Waals surface area contributed by atoms with Crippen LogP contribution >= 0.6 is 0 Å². The normalized spacial score (nSPS) is 16.4. The van der Waals surface area contributed by atoms with Crippen LogP contribution in [-0.2, 0) is 14.4 Å². The lowest BCUT2D eigenvalue weighted by Crippen LogP contribution is -2.25. The number of carbonyl (C=O) groups is 3. The number of hydrogen-bond acceptors (Lipinski definition) is 6. The van der Waals surface area contributed by atoms with Gasteiger partial charge in [0, 0.05) is 17.7 Å². The van der Waals surface area contributed by atoms with E-state index in [1.54, 1.807) is 31.2 Å². The Kier molecular flexibility index (Phi) is 6.21. The minimum Gasteiger partial charge on any atom is -0.481 e. The molecule has 132 valence electrons. The first-order valence-corrected chi connectivity index (χ1v) is 7.57. The summed E-state index contributed by atoms with van der Waals surface area (Å²) in [6.07, 6.45) is 1.84. The van der Waals surface area contributed by atoms with E-state index in [0.717, 1.165) is 0 Å². The van der Waals surface area contributed by atoms with Crippen LogP contribution < -0.4 is 15.6 Å². The van der Waals surface area contributed by atoms with Crippen molar-refractivity contribution in [1.29, 1.82) is 0 Å². The largest absolute Gasteiger partial charge is 0.481 e. The fourth-order valence-electron chi connectivity index (χ4n) is 2.19. The third kappa shape index (κ3) is 5.41. The van der Waals surface area contributed by atoms with Crippen molar-refractivity contribution in [3.63, 3.8) is 0 Å². The predicted molar refractivity (Wildman–Crippen MR) is 89.3 cm³/mol. The Morgan fingerprint density at radius 3 is 2.88 bits per heavy atom. The van der Waals surface area contributed by atoms with E-state index >= 15 is 0 Å². The third-order valence-electron chi connectivity index (χ3n) is 3.49. The Labute approximate surface area is 143 Å². The molecule has 0 aromatic heterocycles. The second kappa shape index (κ2) is 8.57. The van der Waals surface area contributed by atoms with Crippen molar-refractivity contribution in [2.75, 3.05) is 6.61 Å². The number of carboxylic acids is 1.